The standard InChI is InChI=1S/C10H16N4O/c1-2-13-3-5-14(6-4-13)10(15)9-7-11-12-8-9/h7-8H,2-6H2,1H3,(H,11,12). The topological polar surface area (TPSA) is 52.2 Å². The molecule has 0 spiro atoms. The molecule has 1 N–H and O–H groups in total. The van der Waals surface area contributed by atoms with Crippen LogP contribution < -0.4 is 0 Å². The molecule has 0 atom stereocenters. The fourth-order valence-electron chi connectivity index (χ4n) is 1.82. The summed E-state index contributed by atoms with van der Waals surface area (Å²) < 4.78 is 0. The highest BCUT2D eigenvalue weighted by Gasteiger charge is 2.21. The van der Waals surface area contributed by atoms with E-state index in [1.807, 2.05) is 4.90 Å². The van der Waals surface area contributed by atoms with Crippen molar-refractivity contribution in [2.45, 2.75) is 6.92 Å². The van der Waals surface area contributed by atoms with Crippen LogP contribution in [-0.4, -0.2) is 58.6 Å². The van der Waals surface area contributed by atoms with Gasteiger partial charge in [0.15, 0.2) is 0 Å². The zero-order valence-corrected chi connectivity index (χ0v) is 8.94. The van der Waals surface area contributed by atoms with Gasteiger partial charge in [-0.1, -0.05) is 6.92 Å². The van der Waals surface area contributed by atoms with Crippen molar-refractivity contribution in [3.8, 4) is 0 Å². The lowest BCUT2D eigenvalue weighted by atomic mass is 10.2. The molecule has 1 aromatic heterocycles. The molecule has 0 radical (unpaired) electrons. The second-order valence-electron chi connectivity index (χ2n) is 3.71. The molecule has 1 saturated heterocycles. The van der Waals surface area contributed by atoms with E-state index in [0.29, 0.717) is 5.56 Å². The van der Waals surface area contributed by atoms with Crippen molar-refractivity contribution in [1.82, 2.24) is 20.0 Å². The number of carbonyl (C=O) groups is 1. The summed E-state index contributed by atoms with van der Waals surface area (Å²) in [5, 5.41) is 6.45. The first kappa shape index (κ1) is 10.2. The third-order valence-corrected chi connectivity index (χ3v) is 2.85. The Kier molecular flexibility index (Phi) is 3.01. The van der Waals surface area contributed by atoms with E-state index in [1.165, 1.54) is 0 Å². The number of rotatable bonds is 2. The van der Waals surface area contributed by atoms with Crippen LogP contribution in [-0.2, 0) is 0 Å². The van der Waals surface area contributed by atoms with Gasteiger partial charge >= 0.3 is 0 Å². The average molecular weight is 208 g/mol. The largest absolute Gasteiger partial charge is 0.336 e. The molecule has 2 heterocycles. The zero-order chi connectivity index (χ0) is 10.7. The Morgan fingerprint density at radius 3 is 2.73 bits per heavy atom. The van der Waals surface area contributed by atoms with Gasteiger partial charge in [0.05, 0.1) is 11.8 Å². The Bertz CT molecular complexity index is 314. The van der Waals surface area contributed by atoms with Crippen molar-refractivity contribution in [3.63, 3.8) is 0 Å². The van der Waals surface area contributed by atoms with Gasteiger partial charge in [0, 0.05) is 32.4 Å². The first-order valence-corrected chi connectivity index (χ1v) is 5.31. The monoisotopic (exact) mass is 208 g/mol. The SMILES string of the molecule is CCN1CCN(C(=O)c2cn[nH]c2)CC1. The molecular formula is C10H16N4O. The highest BCUT2D eigenvalue weighted by atomic mass is 16.2. The molecule has 1 aromatic rings. The minimum Gasteiger partial charge on any atom is -0.336 e. The van der Waals surface area contributed by atoms with Gasteiger partial charge < -0.3 is 9.80 Å². The van der Waals surface area contributed by atoms with E-state index in [2.05, 4.69) is 22.0 Å². The molecule has 0 unspecified atom stereocenters. The second-order valence-corrected chi connectivity index (χ2v) is 3.71. The van der Waals surface area contributed by atoms with Gasteiger partial charge in [-0.05, 0) is 6.54 Å². The maximum atomic E-state index is 11.9. The number of aromatic amines is 1. The first-order chi connectivity index (χ1) is 7.31. The summed E-state index contributed by atoms with van der Waals surface area (Å²) in [5.41, 5.74) is 0.653. The Labute approximate surface area is 89.1 Å². The summed E-state index contributed by atoms with van der Waals surface area (Å²) in [5.74, 6) is 0.0829. The number of H-pyrrole nitrogens is 1. The van der Waals surface area contributed by atoms with E-state index < -0.39 is 0 Å². The zero-order valence-electron chi connectivity index (χ0n) is 8.94. The number of nitrogens with zero attached hydrogens (tertiary/aromatic N) is 3. The van der Waals surface area contributed by atoms with Crippen molar-refractivity contribution in [2.75, 3.05) is 32.7 Å². The summed E-state index contributed by atoms with van der Waals surface area (Å²) in [6, 6.07) is 0. The molecule has 0 saturated carbocycles. The van der Waals surface area contributed by atoms with Gasteiger partial charge in [0.2, 0.25) is 0 Å². The van der Waals surface area contributed by atoms with Crippen LogP contribution in [0.1, 0.15) is 17.3 Å². The Hall–Kier alpha value is -1.36. The quantitative estimate of drug-likeness (QED) is 0.754. The van der Waals surface area contributed by atoms with Crippen LogP contribution in [0.2, 0.25) is 0 Å². The van der Waals surface area contributed by atoms with Gasteiger partial charge in [0.25, 0.3) is 5.91 Å². The van der Waals surface area contributed by atoms with Crippen LogP contribution in [0.5, 0.6) is 0 Å². The average Bonchev–Trinajstić information content (AvgIpc) is 2.82. The number of aromatic nitrogens is 2. The Morgan fingerprint density at radius 2 is 2.20 bits per heavy atom. The van der Waals surface area contributed by atoms with E-state index in [4.69, 9.17) is 0 Å². The van der Waals surface area contributed by atoms with E-state index in [9.17, 15) is 4.79 Å². The molecule has 1 aliphatic rings. The maximum absolute atomic E-state index is 11.9. The van der Waals surface area contributed by atoms with Crippen LogP contribution in [0.15, 0.2) is 12.4 Å². The van der Waals surface area contributed by atoms with Crippen LogP contribution in [0.25, 0.3) is 0 Å². The third kappa shape index (κ3) is 2.18. The smallest absolute Gasteiger partial charge is 0.257 e. The molecule has 1 amide bonds. The Morgan fingerprint density at radius 1 is 1.47 bits per heavy atom. The van der Waals surface area contributed by atoms with Crippen LogP contribution in [0.4, 0.5) is 0 Å². The lowest BCUT2D eigenvalue weighted by molar-refractivity contribution is 0.0643. The number of hydrogen-bond acceptors (Lipinski definition) is 3. The predicted octanol–water partition coefficient (Wildman–Crippen LogP) is 0.187. The summed E-state index contributed by atoms with van der Waals surface area (Å²) in [7, 11) is 0. The van der Waals surface area contributed by atoms with Crippen LogP contribution >= 0.6 is 0 Å². The lowest BCUT2D eigenvalue weighted by Gasteiger charge is -2.33. The summed E-state index contributed by atoms with van der Waals surface area (Å²) in [4.78, 5) is 16.1. The number of carbonyl (C=O) groups excluding carboxylic acids is 1. The molecular weight excluding hydrogens is 192 g/mol. The molecule has 0 bridgehead atoms. The van der Waals surface area contributed by atoms with Gasteiger partial charge in [-0.25, -0.2) is 0 Å². The number of hydrogen-bond donors (Lipinski definition) is 1. The molecule has 1 aliphatic heterocycles. The number of amides is 1. The normalized spacial score (nSPS) is 18.1. The van der Waals surface area contributed by atoms with E-state index >= 15 is 0 Å². The maximum Gasteiger partial charge on any atom is 0.257 e. The highest BCUT2D eigenvalue weighted by Crippen LogP contribution is 2.06. The molecule has 0 aromatic carbocycles. The number of piperazine rings is 1. The summed E-state index contributed by atoms with van der Waals surface area (Å²) in [6.07, 6.45) is 3.23. The van der Waals surface area contributed by atoms with Gasteiger partial charge in [0.1, 0.15) is 0 Å². The molecule has 82 valence electrons. The molecule has 0 aliphatic carbocycles. The van der Waals surface area contributed by atoms with Crippen molar-refractivity contribution in [2.24, 2.45) is 0 Å². The molecule has 2 rings (SSSR count). The number of nitrogens with one attached hydrogen (secondary N) is 1. The summed E-state index contributed by atoms with van der Waals surface area (Å²) in [6.45, 7) is 6.79. The number of likely N-dealkylation sites (N-methyl/N-ethyl adjacent to an activating group) is 1. The van der Waals surface area contributed by atoms with E-state index in [0.717, 1.165) is 32.7 Å². The van der Waals surface area contributed by atoms with Crippen molar-refractivity contribution < 1.29 is 4.79 Å². The fourth-order valence-corrected chi connectivity index (χ4v) is 1.82. The van der Waals surface area contributed by atoms with E-state index in [1.54, 1.807) is 12.4 Å². The minimum absolute atomic E-state index is 0.0829. The first-order valence-electron chi connectivity index (χ1n) is 5.31. The van der Waals surface area contributed by atoms with Crippen molar-refractivity contribution >= 4 is 5.91 Å². The Balaban J connectivity index is 1.93. The second kappa shape index (κ2) is 4.44. The van der Waals surface area contributed by atoms with Crippen molar-refractivity contribution in [1.29, 1.82) is 0 Å². The molecule has 5 nitrogen and oxygen atoms in total. The fraction of sp³-hybridized carbons (Fsp3) is 0.600. The minimum atomic E-state index is 0.0829. The van der Waals surface area contributed by atoms with Gasteiger partial charge in [-0.2, -0.15) is 5.10 Å². The van der Waals surface area contributed by atoms with Gasteiger partial charge in [-0.15, -0.1) is 0 Å². The molecule has 5 heteroatoms. The summed E-state index contributed by atoms with van der Waals surface area (Å²) >= 11 is 0. The molecule has 1 fully saturated rings. The van der Waals surface area contributed by atoms with Crippen LogP contribution in [0.3, 0.4) is 0 Å². The molecule has 15 heavy (non-hydrogen) atoms. The third-order valence-electron chi connectivity index (χ3n) is 2.85. The van der Waals surface area contributed by atoms with Crippen molar-refractivity contribution in [3.05, 3.63) is 18.0 Å². The lowest BCUT2D eigenvalue weighted by Crippen LogP contribution is -2.48. The highest BCUT2D eigenvalue weighted by molar-refractivity contribution is 5.93. The van der Waals surface area contributed by atoms with Crippen LogP contribution in [0, 0.1) is 0 Å². The van der Waals surface area contributed by atoms with Gasteiger partial charge in [-0.3, -0.25) is 9.89 Å². The predicted molar refractivity (Wildman–Crippen MR) is 56.6 cm³/mol. The van der Waals surface area contributed by atoms with E-state index in [-0.39, 0.29) is 5.91 Å².